The maximum Gasteiger partial charge on any atom is 0.225 e. The average Bonchev–Trinajstić information content (AvgIpc) is 3.29. The van der Waals surface area contributed by atoms with Crippen molar-refractivity contribution in [2.24, 2.45) is 10.9 Å². The van der Waals surface area contributed by atoms with Gasteiger partial charge in [0.05, 0.1) is 0 Å². The number of hydrogen-bond acceptors (Lipinski definition) is 4. The van der Waals surface area contributed by atoms with Crippen molar-refractivity contribution in [3.8, 4) is 0 Å². The van der Waals surface area contributed by atoms with Gasteiger partial charge in [-0.15, -0.1) is 24.0 Å². The van der Waals surface area contributed by atoms with E-state index in [1.54, 1.807) is 0 Å². The topological polar surface area (TPSA) is 63.2 Å². The lowest BCUT2D eigenvalue weighted by molar-refractivity contribution is -0.137. The van der Waals surface area contributed by atoms with E-state index in [1.165, 1.54) is 18.4 Å². The first-order valence-electron chi connectivity index (χ1n) is 11.9. The molecular formula is C23H43IN6O. The zero-order valence-corrected chi connectivity index (χ0v) is 21.9. The van der Waals surface area contributed by atoms with Crippen LogP contribution in [0.15, 0.2) is 17.1 Å². The normalized spacial score (nSPS) is 22.3. The van der Waals surface area contributed by atoms with E-state index in [1.807, 2.05) is 7.05 Å². The zero-order chi connectivity index (χ0) is 21.3. The zero-order valence-electron chi connectivity index (χ0n) is 19.6. The van der Waals surface area contributed by atoms with Gasteiger partial charge in [-0.2, -0.15) is 0 Å². The summed E-state index contributed by atoms with van der Waals surface area (Å²) in [6.45, 7) is 15.0. The monoisotopic (exact) mass is 546 g/mol. The molecule has 8 heteroatoms. The van der Waals surface area contributed by atoms with Crippen LogP contribution < -0.4 is 10.6 Å². The number of halogens is 1. The summed E-state index contributed by atoms with van der Waals surface area (Å²) in [5, 5.41) is 7.06. The number of nitrogens with one attached hydrogen (secondary N) is 2. The van der Waals surface area contributed by atoms with E-state index >= 15 is 0 Å². The van der Waals surface area contributed by atoms with Gasteiger partial charge in [0.2, 0.25) is 5.91 Å². The molecule has 0 radical (unpaired) electrons. The molecule has 3 fully saturated rings. The molecule has 3 rings (SSSR count). The predicted molar refractivity (Wildman–Crippen MR) is 139 cm³/mol. The summed E-state index contributed by atoms with van der Waals surface area (Å²) >= 11 is 0. The fourth-order valence-corrected chi connectivity index (χ4v) is 4.96. The fourth-order valence-electron chi connectivity index (χ4n) is 4.96. The van der Waals surface area contributed by atoms with Crippen LogP contribution in [0.3, 0.4) is 0 Å². The number of rotatable bonds is 7. The molecule has 1 aliphatic carbocycles. The van der Waals surface area contributed by atoms with Crippen molar-refractivity contribution in [2.45, 2.75) is 51.5 Å². The molecule has 0 aromatic heterocycles. The van der Waals surface area contributed by atoms with Gasteiger partial charge in [0, 0.05) is 77.9 Å². The van der Waals surface area contributed by atoms with Gasteiger partial charge in [-0.1, -0.05) is 25.0 Å². The highest BCUT2D eigenvalue weighted by atomic mass is 127. The minimum Gasteiger partial charge on any atom is -0.355 e. The smallest absolute Gasteiger partial charge is 0.225 e. The number of carbonyl (C=O) groups excluding carboxylic acids is 1. The van der Waals surface area contributed by atoms with Gasteiger partial charge < -0.3 is 15.5 Å². The average molecular weight is 547 g/mol. The van der Waals surface area contributed by atoms with Crippen LogP contribution in [0.1, 0.15) is 45.4 Å². The van der Waals surface area contributed by atoms with Crippen LogP contribution >= 0.6 is 24.0 Å². The molecule has 2 saturated heterocycles. The molecule has 178 valence electrons. The highest BCUT2D eigenvalue weighted by molar-refractivity contribution is 14.0. The summed E-state index contributed by atoms with van der Waals surface area (Å²) in [5.41, 5.74) is 1.24. The molecule has 2 N–H and O–H groups in total. The van der Waals surface area contributed by atoms with Crippen molar-refractivity contribution >= 4 is 35.8 Å². The van der Waals surface area contributed by atoms with Crippen molar-refractivity contribution in [3.05, 3.63) is 12.2 Å². The Morgan fingerprint density at radius 1 is 1.00 bits per heavy atom. The lowest BCUT2D eigenvalue weighted by Gasteiger charge is -2.36. The molecule has 0 spiro atoms. The number of piperazine rings is 1. The molecule has 0 aromatic carbocycles. The Morgan fingerprint density at radius 3 is 2.23 bits per heavy atom. The van der Waals surface area contributed by atoms with E-state index in [-0.39, 0.29) is 24.0 Å². The quantitative estimate of drug-likeness (QED) is 0.222. The number of guanidine groups is 1. The van der Waals surface area contributed by atoms with Gasteiger partial charge in [0.25, 0.3) is 0 Å². The molecule has 0 atom stereocenters. The Morgan fingerprint density at radius 2 is 1.65 bits per heavy atom. The SMILES string of the molecule is C=C(C)CN1CCC(NC(=NC)NCCN2CCN(C(=O)C3CCCC3)CC2)CC1.I. The lowest BCUT2D eigenvalue weighted by atomic mass is 10.0. The van der Waals surface area contributed by atoms with Crippen LogP contribution in [0, 0.1) is 5.92 Å². The van der Waals surface area contributed by atoms with E-state index in [0.29, 0.717) is 17.9 Å². The van der Waals surface area contributed by atoms with Crippen molar-refractivity contribution in [1.29, 1.82) is 0 Å². The lowest BCUT2D eigenvalue weighted by Crippen LogP contribution is -2.53. The van der Waals surface area contributed by atoms with Gasteiger partial charge >= 0.3 is 0 Å². The van der Waals surface area contributed by atoms with Crippen LogP contribution in [0.4, 0.5) is 0 Å². The van der Waals surface area contributed by atoms with Crippen LogP contribution in [0.25, 0.3) is 0 Å². The molecule has 1 amide bonds. The van der Waals surface area contributed by atoms with Gasteiger partial charge in [-0.05, 0) is 32.6 Å². The summed E-state index contributed by atoms with van der Waals surface area (Å²) in [6.07, 6.45) is 6.94. The predicted octanol–water partition coefficient (Wildman–Crippen LogP) is 2.14. The number of aliphatic imine (C=N–C) groups is 1. The van der Waals surface area contributed by atoms with Crippen molar-refractivity contribution in [2.75, 3.05) is 66.0 Å². The third-order valence-corrected chi connectivity index (χ3v) is 6.75. The number of carbonyl (C=O) groups is 1. The number of piperidine rings is 1. The van der Waals surface area contributed by atoms with E-state index < -0.39 is 0 Å². The van der Waals surface area contributed by atoms with E-state index in [9.17, 15) is 4.79 Å². The van der Waals surface area contributed by atoms with Gasteiger partial charge in [0.1, 0.15) is 0 Å². The summed E-state index contributed by atoms with van der Waals surface area (Å²) < 4.78 is 0. The van der Waals surface area contributed by atoms with Crippen LogP contribution in [0.2, 0.25) is 0 Å². The van der Waals surface area contributed by atoms with E-state index in [2.05, 4.69) is 43.8 Å². The van der Waals surface area contributed by atoms with Crippen LogP contribution in [-0.4, -0.2) is 98.6 Å². The highest BCUT2D eigenvalue weighted by Gasteiger charge is 2.29. The number of amides is 1. The van der Waals surface area contributed by atoms with Gasteiger partial charge in [0.15, 0.2) is 5.96 Å². The summed E-state index contributed by atoms with van der Waals surface area (Å²) in [4.78, 5) is 24.0. The van der Waals surface area contributed by atoms with Gasteiger partial charge in [-0.3, -0.25) is 19.6 Å². The molecule has 3 aliphatic rings. The van der Waals surface area contributed by atoms with Crippen molar-refractivity contribution in [1.82, 2.24) is 25.3 Å². The summed E-state index contributed by atoms with van der Waals surface area (Å²) in [7, 11) is 1.85. The van der Waals surface area contributed by atoms with E-state index in [0.717, 1.165) is 90.5 Å². The first-order valence-corrected chi connectivity index (χ1v) is 11.9. The fraction of sp³-hybridized carbons (Fsp3) is 0.826. The minimum absolute atomic E-state index is 0. The molecular weight excluding hydrogens is 503 g/mol. The second kappa shape index (κ2) is 13.6. The standard InChI is InChI=1S/C23H42N6O.HI/c1-19(2)18-28-11-8-21(9-12-28)26-23(24-3)25-10-13-27-14-16-29(17-15-27)22(30)20-6-4-5-7-20;/h20-21H,1,4-18H2,2-3H3,(H2,24,25,26);1H. The Bertz CT molecular complexity index is 591. The molecule has 2 aliphatic heterocycles. The second-order valence-electron chi connectivity index (χ2n) is 9.30. The molecule has 2 heterocycles. The Hall–Kier alpha value is -0.870. The Balaban J connectivity index is 0.00000341. The first kappa shape index (κ1) is 26.4. The molecule has 0 aromatic rings. The molecule has 7 nitrogen and oxygen atoms in total. The number of nitrogens with zero attached hydrogens (tertiary/aromatic N) is 4. The largest absolute Gasteiger partial charge is 0.355 e. The Kier molecular flexibility index (Phi) is 11.6. The number of hydrogen-bond donors (Lipinski definition) is 2. The maximum absolute atomic E-state index is 12.6. The Labute approximate surface area is 206 Å². The van der Waals surface area contributed by atoms with Crippen molar-refractivity contribution in [3.63, 3.8) is 0 Å². The van der Waals surface area contributed by atoms with E-state index in [4.69, 9.17) is 0 Å². The van der Waals surface area contributed by atoms with Crippen molar-refractivity contribution < 1.29 is 4.79 Å². The molecule has 31 heavy (non-hydrogen) atoms. The first-order chi connectivity index (χ1) is 14.5. The molecule has 0 unspecified atom stereocenters. The maximum atomic E-state index is 12.6. The third kappa shape index (κ3) is 8.53. The number of likely N-dealkylation sites (tertiary alicyclic amines) is 1. The van der Waals surface area contributed by atoms with Crippen LogP contribution in [0.5, 0.6) is 0 Å². The minimum atomic E-state index is 0. The van der Waals surface area contributed by atoms with Crippen LogP contribution in [-0.2, 0) is 4.79 Å². The molecule has 0 bridgehead atoms. The summed E-state index contributed by atoms with van der Waals surface area (Å²) in [5.74, 6) is 1.62. The van der Waals surface area contributed by atoms with Gasteiger partial charge in [-0.25, -0.2) is 0 Å². The third-order valence-electron chi connectivity index (χ3n) is 6.75. The highest BCUT2D eigenvalue weighted by Crippen LogP contribution is 2.26. The summed E-state index contributed by atoms with van der Waals surface area (Å²) in [6, 6.07) is 0.489. The molecule has 1 saturated carbocycles. The second-order valence-corrected chi connectivity index (χ2v) is 9.30.